The Labute approximate surface area is 145 Å². The van der Waals surface area contributed by atoms with Crippen molar-refractivity contribution in [1.29, 1.82) is 0 Å². The van der Waals surface area contributed by atoms with Gasteiger partial charge in [0, 0.05) is 25.2 Å². The molecule has 1 heterocycles. The average molecular weight is 369 g/mol. The Morgan fingerprint density at radius 2 is 1.96 bits per heavy atom. The van der Waals surface area contributed by atoms with Crippen molar-refractivity contribution < 1.29 is 22.6 Å². The summed E-state index contributed by atoms with van der Waals surface area (Å²) < 4.78 is 36.5. The summed E-state index contributed by atoms with van der Waals surface area (Å²) in [5, 5.41) is 15.0. The van der Waals surface area contributed by atoms with Crippen LogP contribution in [0.15, 0.2) is 33.7 Å². The molecule has 2 rings (SSSR count). The maximum Gasteiger partial charge on any atom is 0.312 e. The number of sulfonamides is 1. The molecule has 0 radical (unpaired) electrons. The quantitative estimate of drug-likeness (QED) is 0.518. The lowest BCUT2D eigenvalue weighted by Crippen LogP contribution is -2.30. The van der Waals surface area contributed by atoms with Gasteiger partial charge in [0.15, 0.2) is 5.75 Å². The van der Waals surface area contributed by atoms with Gasteiger partial charge in [-0.2, -0.15) is 4.31 Å². The van der Waals surface area contributed by atoms with Gasteiger partial charge in [-0.05, 0) is 19.1 Å². The van der Waals surface area contributed by atoms with Gasteiger partial charge in [-0.25, -0.2) is 8.42 Å². The number of hydrogen-bond donors (Lipinski definition) is 0. The molecule has 0 N–H and O–H groups in total. The summed E-state index contributed by atoms with van der Waals surface area (Å²) in [6.07, 6.45) is 0. The third kappa shape index (κ3) is 4.15. The lowest BCUT2D eigenvalue weighted by Gasteiger charge is -2.18. The maximum atomic E-state index is 12.5. The van der Waals surface area contributed by atoms with Crippen molar-refractivity contribution in [2.75, 3.05) is 13.1 Å². The van der Waals surface area contributed by atoms with E-state index in [1.54, 1.807) is 26.8 Å². The van der Waals surface area contributed by atoms with Crippen LogP contribution in [0.2, 0.25) is 0 Å². The van der Waals surface area contributed by atoms with E-state index in [1.807, 2.05) is 0 Å². The first kappa shape index (κ1) is 18.9. The van der Waals surface area contributed by atoms with Crippen LogP contribution >= 0.6 is 0 Å². The van der Waals surface area contributed by atoms with Gasteiger partial charge in [-0.3, -0.25) is 10.1 Å². The Kier molecular flexibility index (Phi) is 5.75. The van der Waals surface area contributed by atoms with E-state index in [-0.39, 0.29) is 30.3 Å². The smallest absolute Gasteiger partial charge is 0.312 e. The third-order valence-electron chi connectivity index (χ3n) is 3.52. The second-order valence-corrected chi connectivity index (χ2v) is 7.13. The second-order valence-electron chi connectivity index (χ2n) is 5.19. The van der Waals surface area contributed by atoms with Crippen LogP contribution in [-0.2, 0) is 16.6 Å². The molecular weight excluding hydrogens is 350 g/mol. The normalized spacial score (nSPS) is 11.7. The second kappa shape index (κ2) is 7.62. The number of rotatable bonds is 8. The van der Waals surface area contributed by atoms with Gasteiger partial charge in [0.25, 0.3) is 0 Å². The van der Waals surface area contributed by atoms with Crippen LogP contribution in [0.1, 0.15) is 25.3 Å². The van der Waals surface area contributed by atoms with Crippen molar-refractivity contribution in [2.45, 2.75) is 32.3 Å². The highest BCUT2D eigenvalue weighted by molar-refractivity contribution is 7.89. The van der Waals surface area contributed by atoms with Gasteiger partial charge in [0.05, 0.1) is 9.82 Å². The highest BCUT2D eigenvalue weighted by Crippen LogP contribution is 2.31. The molecule has 2 aromatic rings. The molecule has 0 bridgehead atoms. The molecule has 0 atom stereocenters. The zero-order valence-electron chi connectivity index (χ0n) is 14.1. The first-order valence-electron chi connectivity index (χ1n) is 7.63. The average Bonchev–Trinajstić information content (AvgIpc) is 2.99. The Balaban J connectivity index is 2.32. The molecule has 25 heavy (non-hydrogen) atoms. The van der Waals surface area contributed by atoms with Crippen LogP contribution in [0.5, 0.6) is 5.75 Å². The minimum Gasteiger partial charge on any atom is -0.480 e. The largest absolute Gasteiger partial charge is 0.480 e. The van der Waals surface area contributed by atoms with Crippen molar-refractivity contribution in [2.24, 2.45) is 0 Å². The standard InChI is InChI=1S/C15H19N3O6S/c1-4-17(5-2)25(21,22)13-6-7-15(14(9-13)18(19)20)23-10-12-8-11(3)24-16-12/h6-9H,4-5,10H2,1-3H3. The van der Waals surface area contributed by atoms with Crippen molar-refractivity contribution in [1.82, 2.24) is 9.46 Å². The van der Waals surface area contributed by atoms with E-state index in [2.05, 4.69) is 5.16 Å². The van der Waals surface area contributed by atoms with Gasteiger partial charge in [-0.15, -0.1) is 0 Å². The highest BCUT2D eigenvalue weighted by Gasteiger charge is 2.26. The number of ether oxygens (including phenoxy) is 1. The topological polar surface area (TPSA) is 116 Å². The van der Waals surface area contributed by atoms with Gasteiger partial charge >= 0.3 is 5.69 Å². The summed E-state index contributed by atoms with van der Waals surface area (Å²) in [6, 6.07) is 5.23. The molecule has 0 unspecified atom stereocenters. The number of aryl methyl sites for hydroxylation is 1. The lowest BCUT2D eigenvalue weighted by atomic mass is 10.3. The zero-order chi connectivity index (χ0) is 18.6. The van der Waals surface area contributed by atoms with Crippen molar-refractivity contribution in [3.05, 3.63) is 45.8 Å². The van der Waals surface area contributed by atoms with Crippen LogP contribution in [0.25, 0.3) is 0 Å². The van der Waals surface area contributed by atoms with Gasteiger partial charge in [0.1, 0.15) is 18.1 Å². The van der Waals surface area contributed by atoms with Crippen molar-refractivity contribution in [3.63, 3.8) is 0 Å². The molecule has 0 amide bonds. The van der Waals surface area contributed by atoms with Gasteiger partial charge < -0.3 is 9.26 Å². The van der Waals surface area contributed by atoms with Crippen LogP contribution in [0.3, 0.4) is 0 Å². The van der Waals surface area contributed by atoms with E-state index < -0.39 is 20.6 Å². The van der Waals surface area contributed by atoms with Crippen LogP contribution in [0, 0.1) is 17.0 Å². The number of nitro benzene ring substituents is 1. The Bertz CT molecular complexity index is 858. The lowest BCUT2D eigenvalue weighted by molar-refractivity contribution is -0.386. The molecule has 10 heteroatoms. The van der Waals surface area contributed by atoms with Crippen molar-refractivity contribution >= 4 is 15.7 Å². The Hall–Kier alpha value is -2.46. The van der Waals surface area contributed by atoms with Crippen LogP contribution in [-0.4, -0.2) is 35.9 Å². The third-order valence-corrected chi connectivity index (χ3v) is 5.57. The van der Waals surface area contributed by atoms with E-state index in [4.69, 9.17) is 9.26 Å². The fourth-order valence-corrected chi connectivity index (χ4v) is 3.75. The molecule has 0 aliphatic rings. The van der Waals surface area contributed by atoms with Crippen LogP contribution in [0.4, 0.5) is 5.69 Å². The molecule has 0 saturated carbocycles. The fourth-order valence-electron chi connectivity index (χ4n) is 2.27. The Morgan fingerprint density at radius 1 is 1.28 bits per heavy atom. The molecule has 1 aromatic carbocycles. The monoisotopic (exact) mass is 369 g/mol. The molecule has 0 aliphatic heterocycles. The first-order chi connectivity index (χ1) is 11.8. The van der Waals surface area contributed by atoms with E-state index >= 15 is 0 Å². The summed E-state index contributed by atoms with van der Waals surface area (Å²) >= 11 is 0. The maximum absolute atomic E-state index is 12.5. The fraction of sp³-hybridized carbons (Fsp3) is 0.400. The summed E-state index contributed by atoms with van der Waals surface area (Å²) in [5.74, 6) is 0.554. The minimum absolute atomic E-state index is 0.0275. The molecule has 0 fully saturated rings. The summed E-state index contributed by atoms with van der Waals surface area (Å²) in [5.41, 5.74) is 0.0556. The van der Waals surface area contributed by atoms with Crippen LogP contribution < -0.4 is 4.74 Å². The predicted octanol–water partition coefficient (Wildman–Crippen LogP) is 2.50. The van der Waals surface area contributed by atoms with E-state index in [9.17, 15) is 18.5 Å². The SMILES string of the molecule is CCN(CC)S(=O)(=O)c1ccc(OCc2cc(C)on2)c([N+](=O)[O-])c1. The van der Waals surface area contributed by atoms with E-state index in [1.165, 1.54) is 16.4 Å². The summed E-state index contributed by atoms with van der Waals surface area (Å²) in [4.78, 5) is 10.5. The first-order valence-corrected chi connectivity index (χ1v) is 9.07. The predicted molar refractivity (Wildman–Crippen MR) is 88.8 cm³/mol. The molecule has 0 saturated heterocycles. The number of benzene rings is 1. The number of aromatic nitrogens is 1. The van der Waals surface area contributed by atoms with E-state index in [0.29, 0.717) is 11.5 Å². The number of hydrogen-bond acceptors (Lipinski definition) is 7. The molecule has 0 spiro atoms. The molecular formula is C15H19N3O6S. The summed E-state index contributed by atoms with van der Waals surface area (Å²) in [7, 11) is -3.79. The van der Waals surface area contributed by atoms with Crippen molar-refractivity contribution in [3.8, 4) is 5.75 Å². The highest BCUT2D eigenvalue weighted by atomic mass is 32.2. The number of nitrogens with zero attached hydrogens (tertiary/aromatic N) is 3. The van der Waals surface area contributed by atoms with E-state index in [0.717, 1.165) is 6.07 Å². The molecule has 0 aliphatic carbocycles. The van der Waals surface area contributed by atoms with Gasteiger partial charge in [0.2, 0.25) is 10.0 Å². The minimum atomic E-state index is -3.79. The van der Waals surface area contributed by atoms with Gasteiger partial charge in [-0.1, -0.05) is 19.0 Å². The molecule has 1 aromatic heterocycles. The zero-order valence-corrected chi connectivity index (χ0v) is 14.9. The number of nitro groups is 1. The Morgan fingerprint density at radius 3 is 2.48 bits per heavy atom. The summed E-state index contributed by atoms with van der Waals surface area (Å²) in [6.45, 7) is 5.64. The molecule has 9 nitrogen and oxygen atoms in total. The molecule has 136 valence electrons.